The van der Waals surface area contributed by atoms with E-state index < -0.39 is 34.7 Å². The number of rotatable bonds is 16. The van der Waals surface area contributed by atoms with E-state index >= 15 is 0 Å². The number of fused-ring (bicyclic) bond motifs is 6. The average Bonchev–Trinajstić information content (AvgIpc) is 1.75. The van der Waals surface area contributed by atoms with E-state index in [0.717, 1.165) is 66.7 Å². The number of hydrogen-bond donors (Lipinski definition) is 6. The molecule has 10 heterocycles. The lowest BCUT2D eigenvalue weighted by Gasteiger charge is -2.47. The summed E-state index contributed by atoms with van der Waals surface area (Å²) in [6.45, 7) is 27.9. The van der Waals surface area contributed by atoms with E-state index in [1.807, 2.05) is 94.4 Å². The van der Waals surface area contributed by atoms with Crippen LogP contribution in [0.4, 0.5) is 58.5 Å². The molecule has 602 valence electrons. The Hall–Kier alpha value is -10.1. The van der Waals surface area contributed by atoms with Gasteiger partial charge in [-0.15, -0.1) is 5.10 Å². The number of nitrogens with one attached hydrogen (secondary N) is 6. The minimum absolute atomic E-state index is 0.0554. The predicted molar refractivity (Wildman–Crippen MR) is 401 cm³/mol. The third-order valence-corrected chi connectivity index (χ3v) is 17.8. The number of aryl methyl sites for hydroxylation is 3. The van der Waals surface area contributed by atoms with Crippen molar-refractivity contribution in [3.63, 3.8) is 0 Å². The van der Waals surface area contributed by atoms with Crippen LogP contribution in [0.15, 0.2) is 78.0 Å². The molecule has 39 heteroatoms. The van der Waals surface area contributed by atoms with Gasteiger partial charge in [0.2, 0.25) is 29.4 Å². The van der Waals surface area contributed by atoms with Crippen molar-refractivity contribution in [2.45, 2.75) is 195 Å². The van der Waals surface area contributed by atoms with Crippen LogP contribution >= 0.6 is 0 Å². The Morgan fingerprint density at radius 1 is 0.532 bits per heavy atom. The molecule has 7 aromatic rings. The minimum Gasteiger partial charge on any atom is -0.474 e. The normalized spacial score (nSPS) is 20.4. The maximum atomic E-state index is 14.3. The number of hydrogen-bond acceptors (Lipinski definition) is 30. The maximum absolute atomic E-state index is 14.3. The van der Waals surface area contributed by atoms with Crippen molar-refractivity contribution < 1.29 is 90.4 Å². The van der Waals surface area contributed by atoms with Gasteiger partial charge in [-0.2, -0.15) is 25.3 Å². The number of carbonyl (C=O) groups excluding carboxylic acids is 3. The molecule has 111 heavy (non-hydrogen) atoms. The van der Waals surface area contributed by atoms with E-state index in [4.69, 9.17) is 58.1 Å². The monoisotopic (exact) mass is 1610 g/mol. The van der Waals surface area contributed by atoms with E-state index in [2.05, 4.69) is 81.9 Å². The number of anilines is 7. The molecule has 33 nitrogen and oxygen atoms in total. The lowest BCUT2D eigenvalue weighted by Crippen LogP contribution is -2.64. The van der Waals surface area contributed by atoms with E-state index in [1.54, 1.807) is 36.9 Å². The highest BCUT2D eigenvalue weighted by molar-refractivity contribution is 7.52. The Kier molecular flexibility index (Phi) is 34.1. The standard InChI is InChI=1S/C24H31FN6O4.C24H29FN6O3.C19H23FN4O2.C5H10O2.3O2S/c1-13(2)22(32)29-30-24(33)31-16-8-18(9-17(31)11-34-10-16)35-23-15(4)21(26-12-27-23)28-20-6-5-14(3)7-19(20)25;1-13(2)22-29-30-24(34-22)31-16-8-18(9-17(31)11-32-10-16)33-23-15(4)21(26-12-27-23)28-20-6-5-14(3)7-19(20)25;1-11-3-4-17(16(20)5-11)24-18-12(2)19(22-10-21-18)26-15-6-13-8-25-9-14(7-15)23-13;1-5(2,3)7-4-6;3*1-3-2/h5-7,12-13,16-18H,8-11H2,1-4H3,(H,29,32)(H,30,33)(H,26,27,28);5-7,12-13,16-18H,8-11H2,1-4H3,(H,26,27,28);3-5,10,13-15,23H,6-9H2,1-2H3,(H,21,22,24);4H,1-3H3;;;. The molecular weight excluding hydrogens is 1510 g/mol. The first-order chi connectivity index (χ1) is 53.0. The van der Waals surface area contributed by atoms with Gasteiger partial charge < -0.3 is 68.6 Å². The zero-order chi connectivity index (χ0) is 81.1. The predicted octanol–water partition coefficient (Wildman–Crippen LogP) is 9.10. The van der Waals surface area contributed by atoms with E-state index in [0.29, 0.717) is 127 Å². The molecule has 6 aliphatic heterocycles. The number of carbonyl (C=O) groups is 3. The number of benzene rings is 3. The lowest BCUT2D eigenvalue weighted by molar-refractivity contribution is -0.138. The van der Waals surface area contributed by atoms with Crippen molar-refractivity contribution in [3.05, 3.63) is 130 Å². The third kappa shape index (κ3) is 26.3. The number of halogens is 3. The molecule has 0 aliphatic carbocycles. The summed E-state index contributed by atoms with van der Waals surface area (Å²) in [5.74, 6) is 2.26. The van der Waals surface area contributed by atoms with Gasteiger partial charge >= 0.3 is 46.8 Å². The first kappa shape index (κ1) is 88.2. The van der Waals surface area contributed by atoms with Crippen LogP contribution in [0.1, 0.15) is 132 Å². The molecule has 6 aliphatic rings. The van der Waals surface area contributed by atoms with Crippen molar-refractivity contribution in [2.24, 2.45) is 5.92 Å². The quantitative estimate of drug-likeness (QED) is 0.0388. The summed E-state index contributed by atoms with van der Waals surface area (Å²) < 4.78 is 139. The molecule has 3 amide bonds. The smallest absolute Gasteiger partial charge is 0.336 e. The summed E-state index contributed by atoms with van der Waals surface area (Å²) in [5.41, 5.74) is 10.4. The van der Waals surface area contributed by atoms with Gasteiger partial charge in [-0.3, -0.25) is 15.0 Å². The number of hydrazine groups is 1. The Morgan fingerprint density at radius 3 is 1.23 bits per heavy atom. The van der Waals surface area contributed by atoms with Crippen LogP contribution in [0.3, 0.4) is 0 Å². The Balaban J connectivity index is 0.000000212. The number of aromatic nitrogens is 8. The van der Waals surface area contributed by atoms with E-state index in [1.165, 1.54) is 37.2 Å². The fourth-order valence-corrected chi connectivity index (χ4v) is 12.5. The molecule has 0 saturated carbocycles. The highest BCUT2D eigenvalue weighted by Crippen LogP contribution is 2.38. The van der Waals surface area contributed by atoms with Crippen molar-refractivity contribution in [1.29, 1.82) is 0 Å². The van der Waals surface area contributed by atoms with Crippen molar-refractivity contribution in [1.82, 2.24) is 61.2 Å². The van der Waals surface area contributed by atoms with Gasteiger partial charge in [-0.05, 0) is 115 Å². The van der Waals surface area contributed by atoms with Crippen LogP contribution < -0.4 is 51.2 Å². The van der Waals surface area contributed by atoms with Crippen LogP contribution in [0.5, 0.6) is 17.6 Å². The zero-order valence-electron chi connectivity index (χ0n) is 63.6. The van der Waals surface area contributed by atoms with Gasteiger partial charge in [0.15, 0.2) is 0 Å². The van der Waals surface area contributed by atoms with Gasteiger partial charge in [0.25, 0.3) is 6.47 Å². The molecule has 4 aromatic heterocycles. The Morgan fingerprint density at radius 2 is 0.892 bits per heavy atom. The topological polar surface area (TPSA) is 413 Å². The van der Waals surface area contributed by atoms with Crippen LogP contribution in [0.2, 0.25) is 0 Å². The summed E-state index contributed by atoms with van der Waals surface area (Å²) in [4.78, 5) is 63.8. The summed E-state index contributed by atoms with van der Waals surface area (Å²) in [6.07, 6.45) is 8.41. The van der Waals surface area contributed by atoms with Crippen molar-refractivity contribution in [2.75, 3.05) is 60.5 Å². The fourth-order valence-electron chi connectivity index (χ4n) is 12.5. The molecule has 13 rings (SSSR count). The summed E-state index contributed by atoms with van der Waals surface area (Å²) >= 11 is -2.25. The molecule has 6 bridgehead atoms. The number of morpholine rings is 3. The molecule has 6 atom stereocenters. The molecule has 6 fully saturated rings. The van der Waals surface area contributed by atoms with Gasteiger partial charge in [-0.1, -0.05) is 51.0 Å². The van der Waals surface area contributed by atoms with Crippen LogP contribution in [-0.2, 0) is 63.2 Å². The van der Waals surface area contributed by atoms with Crippen LogP contribution in [-0.4, -0.2) is 188 Å². The zero-order valence-corrected chi connectivity index (χ0v) is 66.1. The molecule has 6 N–H and O–H groups in total. The minimum atomic E-state index is -0.750. The second-order valence-electron chi connectivity index (χ2n) is 28.2. The first-order valence-corrected chi connectivity index (χ1v) is 37.4. The summed E-state index contributed by atoms with van der Waals surface area (Å²) in [5, 5.41) is 21.1. The highest BCUT2D eigenvalue weighted by Gasteiger charge is 2.45. The molecule has 6 unspecified atom stereocenters. The number of amides is 3. The second kappa shape index (κ2) is 42.9. The Labute approximate surface area is 651 Å². The summed E-state index contributed by atoms with van der Waals surface area (Å²) in [7, 11) is 0. The number of nitrogens with zero attached hydrogens (tertiary/aromatic N) is 10. The molecule has 3 aromatic carbocycles. The molecule has 0 radical (unpaired) electrons. The van der Waals surface area contributed by atoms with Gasteiger partial charge in [0.1, 0.15) is 77.8 Å². The molecular formula is C72H93F3N16O17S3. The van der Waals surface area contributed by atoms with Gasteiger partial charge in [0.05, 0.1) is 97.6 Å². The van der Waals surface area contributed by atoms with Crippen LogP contribution in [0.25, 0.3) is 0 Å². The maximum Gasteiger partial charge on any atom is 0.336 e. The van der Waals surface area contributed by atoms with Gasteiger partial charge in [0, 0.05) is 62.4 Å². The van der Waals surface area contributed by atoms with Gasteiger partial charge in [-0.25, -0.2) is 53.3 Å². The second-order valence-corrected chi connectivity index (χ2v) is 28.6. The number of piperidine rings is 3. The third-order valence-electron chi connectivity index (χ3n) is 17.8. The first-order valence-electron chi connectivity index (χ1n) is 35.4. The molecule has 0 spiro atoms. The largest absolute Gasteiger partial charge is 0.474 e. The number of urea groups is 1. The SMILES string of the molecule is CC(C)(C)OC=O.Cc1ccc(Nc2ncnc(OC3CC4COCC(C3)N4)c2C)c(F)c1.Cc1ccc(Nc2ncnc(OC3CC4COCC(C3)N4C(=O)NNC(=O)C(C)C)c2C)c(F)c1.Cc1ccc(Nc2ncnc(OC3CC4COCC(C3)N4c3nnc(C(C)C)o3)c2C)c(F)c1.O=S=O.O=S=O.O=S=O. The Bertz CT molecular complexity index is 4300. The van der Waals surface area contributed by atoms with E-state index in [-0.39, 0.29) is 89.3 Å². The fraction of sp³-hybridized carbons (Fsp3) is 0.514. The average molecular weight is 1610 g/mol. The lowest BCUT2D eigenvalue weighted by atomic mass is 9.92. The molecule has 6 saturated heterocycles. The highest BCUT2D eigenvalue weighted by atomic mass is 32.1. The number of ether oxygens (including phenoxy) is 7. The summed E-state index contributed by atoms with van der Waals surface area (Å²) in [6, 6.07) is 15.6. The van der Waals surface area contributed by atoms with Crippen molar-refractivity contribution >= 4 is 93.7 Å². The van der Waals surface area contributed by atoms with Crippen molar-refractivity contribution in [3.8, 4) is 17.6 Å². The van der Waals surface area contributed by atoms with Crippen LogP contribution in [0, 0.1) is 64.9 Å². The van der Waals surface area contributed by atoms with E-state index in [9.17, 15) is 27.6 Å².